The van der Waals surface area contributed by atoms with Crippen molar-refractivity contribution >= 4 is 23.6 Å². The van der Waals surface area contributed by atoms with Crippen LogP contribution in [0.2, 0.25) is 0 Å². The fourth-order valence-electron chi connectivity index (χ4n) is 3.63. The van der Waals surface area contributed by atoms with Gasteiger partial charge in [-0.15, -0.1) is 11.8 Å². The Balaban J connectivity index is 1.83. The van der Waals surface area contributed by atoms with Crippen LogP contribution in [-0.4, -0.2) is 42.7 Å². The molecule has 0 saturated carbocycles. The van der Waals surface area contributed by atoms with Gasteiger partial charge in [-0.3, -0.25) is 9.59 Å². The van der Waals surface area contributed by atoms with Gasteiger partial charge < -0.3 is 15.0 Å². The lowest BCUT2D eigenvalue weighted by atomic mass is 10.0. The van der Waals surface area contributed by atoms with Crippen LogP contribution in [0.1, 0.15) is 16.7 Å². The van der Waals surface area contributed by atoms with Crippen molar-refractivity contribution in [2.24, 2.45) is 0 Å². The van der Waals surface area contributed by atoms with E-state index in [4.69, 9.17) is 4.74 Å². The highest BCUT2D eigenvalue weighted by molar-refractivity contribution is 7.99. The molecule has 0 fully saturated rings. The average Bonchev–Trinajstić information content (AvgIpc) is 2.87. The maximum absolute atomic E-state index is 14.0. The van der Waals surface area contributed by atoms with Crippen LogP contribution in [-0.2, 0) is 28.3 Å². The van der Waals surface area contributed by atoms with Gasteiger partial charge in [0.2, 0.25) is 11.8 Å². The molecule has 1 N–H and O–H groups in total. The molecule has 5 nitrogen and oxygen atoms in total. The second kappa shape index (κ2) is 12.8. The zero-order valence-electron chi connectivity index (χ0n) is 19.4. The third-order valence-corrected chi connectivity index (χ3v) is 6.41. The summed E-state index contributed by atoms with van der Waals surface area (Å²) in [7, 11) is 3.16. The van der Waals surface area contributed by atoms with Gasteiger partial charge in [0.1, 0.15) is 17.6 Å². The van der Waals surface area contributed by atoms with Crippen molar-refractivity contribution in [2.45, 2.75) is 24.8 Å². The monoisotopic (exact) mass is 480 g/mol. The number of halogens is 1. The Morgan fingerprint density at radius 3 is 2.41 bits per heavy atom. The number of thioether (sulfide) groups is 1. The van der Waals surface area contributed by atoms with E-state index in [9.17, 15) is 14.0 Å². The first kappa shape index (κ1) is 25.3. The molecule has 3 aromatic carbocycles. The van der Waals surface area contributed by atoms with Crippen molar-refractivity contribution in [2.75, 3.05) is 19.9 Å². The second-order valence-electron chi connectivity index (χ2n) is 7.78. The van der Waals surface area contributed by atoms with Crippen LogP contribution >= 0.6 is 11.8 Å². The summed E-state index contributed by atoms with van der Waals surface area (Å²) in [6.07, 6.45) is 0.383. The molecule has 178 valence electrons. The predicted octanol–water partition coefficient (Wildman–Crippen LogP) is 4.45. The van der Waals surface area contributed by atoms with Crippen molar-refractivity contribution in [3.8, 4) is 5.75 Å². The highest BCUT2D eigenvalue weighted by Crippen LogP contribution is 2.21. The van der Waals surface area contributed by atoms with Crippen molar-refractivity contribution in [3.63, 3.8) is 0 Å². The van der Waals surface area contributed by atoms with E-state index in [2.05, 4.69) is 5.32 Å². The summed E-state index contributed by atoms with van der Waals surface area (Å²) in [4.78, 5) is 28.0. The van der Waals surface area contributed by atoms with E-state index in [-0.39, 0.29) is 29.9 Å². The molecule has 0 radical (unpaired) electrons. The van der Waals surface area contributed by atoms with Crippen LogP contribution in [0.3, 0.4) is 0 Å². The molecule has 2 amide bonds. The Hall–Kier alpha value is -3.32. The molecule has 0 aromatic heterocycles. The minimum Gasteiger partial charge on any atom is -0.497 e. The topological polar surface area (TPSA) is 58.6 Å². The molecule has 0 aliphatic heterocycles. The van der Waals surface area contributed by atoms with Gasteiger partial charge in [-0.1, -0.05) is 60.7 Å². The molecule has 0 aliphatic carbocycles. The SMILES string of the molecule is CNC(=O)C(Cc1ccccc1)N(Cc1cccc(OC)c1)C(=O)CSCc1ccccc1F. The fourth-order valence-corrected chi connectivity index (χ4v) is 4.53. The molecule has 0 bridgehead atoms. The molecule has 34 heavy (non-hydrogen) atoms. The molecular formula is C27H29FN2O3S. The first-order valence-corrected chi connectivity index (χ1v) is 12.2. The summed E-state index contributed by atoms with van der Waals surface area (Å²) in [6, 6.07) is 22.9. The summed E-state index contributed by atoms with van der Waals surface area (Å²) in [6.45, 7) is 0.251. The quantitative estimate of drug-likeness (QED) is 0.441. The molecule has 3 rings (SSSR count). The molecule has 1 atom stereocenters. The summed E-state index contributed by atoms with van der Waals surface area (Å²) < 4.78 is 19.3. The van der Waals surface area contributed by atoms with Crippen molar-refractivity contribution in [1.29, 1.82) is 0 Å². The number of amides is 2. The Kier molecular flexibility index (Phi) is 9.52. The lowest BCUT2D eigenvalue weighted by Gasteiger charge is -2.31. The van der Waals surface area contributed by atoms with Crippen LogP contribution in [0.15, 0.2) is 78.9 Å². The molecular weight excluding hydrogens is 451 g/mol. The van der Waals surface area contributed by atoms with Crippen molar-refractivity contribution in [3.05, 3.63) is 101 Å². The van der Waals surface area contributed by atoms with E-state index in [0.29, 0.717) is 23.5 Å². The summed E-state index contributed by atoms with van der Waals surface area (Å²) >= 11 is 1.33. The highest BCUT2D eigenvalue weighted by Gasteiger charge is 2.29. The summed E-state index contributed by atoms with van der Waals surface area (Å²) in [5, 5.41) is 2.70. The molecule has 0 spiro atoms. The number of ether oxygens (including phenoxy) is 1. The van der Waals surface area contributed by atoms with Crippen molar-refractivity contribution < 1.29 is 18.7 Å². The number of hydrogen-bond acceptors (Lipinski definition) is 4. The summed E-state index contributed by atoms with van der Waals surface area (Å²) in [5.41, 5.74) is 2.36. The standard InChI is InChI=1S/C27H29FN2O3S/c1-29-27(32)25(16-20-9-4-3-5-10-20)30(17-21-11-8-13-23(15-21)33-2)26(31)19-34-18-22-12-6-7-14-24(22)28/h3-15,25H,16-19H2,1-2H3,(H,29,32). The molecule has 0 aliphatic rings. The zero-order chi connectivity index (χ0) is 24.3. The Morgan fingerprint density at radius 2 is 1.71 bits per heavy atom. The molecule has 7 heteroatoms. The number of likely N-dealkylation sites (N-methyl/N-ethyl adjacent to an activating group) is 1. The number of benzene rings is 3. The molecule has 1 unspecified atom stereocenters. The van der Waals surface area contributed by atoms with E-state index >= 15 is 0 Å². The largest absolute Gasteiger partial charge is 0.497 e. The van der Waals surface area contributed by atoms with E-state index < -0.39 is 6.04 Å². The third kappa shape index (κ3) is 7.09. The number of rotatable bonds is 11. The maximum atomic E-state index is 14.0. The van der Waals surface area contributed by atoms with Gasteiger partial charge in [0.05, 0.1) is 12.9 Å². The normalized spacial score (nSPS) is 11.5. The first-order valence-electron chi connectivity index (χ1n) is 11.0. The van der Waals surface area contributed by atoms with E-state index in [1.165, 1.54) is 17.8 Å². The van der Waals surface area contributed by atoms with Gasteiger partial charge >= 0.3 is 0 Å². The number of carbonyl (C=O) groups is 2. The zero-order valence-corrected chi connectivity index (χ0v) is 20.2. The number of nitrogens with one attached hydrogen (secondary N) is 1. The number of methoxy groups -OCH3 is 1. The lowest BCUT2D eigenvalue weighted by molar-refractivity contribution is -0.139. The Morgan fingerprint density at radius 1 is 1.00 bits per heavy atom. The lowest BCUT2D eigenvalue weighted by Crippen LogP contribution is -2.50. The van der Waals surface area contributed by atoms with Crippen LogP contribution in [0.4, 0.5) is 4.39 Å². The van der Waals surface area contributed by atoms with Gasteiger partial charge in [0, 0.05) is 25.8 Å². The van der Waals surface area contributed by atoms with Gasteiger partial charge in [-0.2, -0.15) is 0 Å². The number of carbonyl (C=O) groups excluding carboxylic acids is 2. The molecule has 3 aromatic rings. The van der Waals surface area contributed by atoms with Crippen LogP contribution in [0.25, 0.3) is 0 Å². The minimum atomic E-state index is -0.694. The number of hydrogen-bond donors (Lipinski definition) is 1. The van der Waals surface area contributed by atoms with Gasteiger partial charge in [-0.05, 0) is 34.9 Å². The average molecular weight is 481 g/mol. The van der Waals surface area contributed by atoms with E-state index in [1.54, 1.807) is 37.3 Å². The Labute approximate surface area is 204 Å². The van der Waals surface area contributed by atoms with Gasteiger partial charge in [0.25, 0.3) is 0 Å². The molecule has 0 heterocycles. The van der Waals surface area contributed by atoms with Gasteiger partial charge in [-0.25, -0.2) is 4.39 Å². The summed E-state index contributed by atoms with van der Waals surface area (Å²) in [5.74, 6) is 0.462. The van der Waals surface area contributed by atoms with Crippen molar-refractivity contribution in [1.82, 2.24) is 10.2 Å². The van der Waals surface area contributed by atoms with E-state index in [1.807, 2.05) is 54.6 Å². The third-order valence-electron chi connectivity index (χ3n) is 5.45. The Bertz CT molecular complexity index is 1090. The van der Waals surface area contributed by atoms with Gasteiger partial charge in [0.15, 0.2) is 0 Å². The number of nitrogens with zero attached hydrogens (tertiary/aromatic N) is 1. The minimum absolute atomic E-state index is 0.126. The van der Waals surface area contributed by atoms with E-state index in [0.717, 1.165) is 11.1 Å². The maximum Gasteiger partial charge on any atom is 0.242 e. The van der Waals surface area contributed by atoms with Crippen LogP contribution in [0, 0.1) is 5.82 Å². The van der Waals surface area contributed by atoms with Crippen LogP contribution in [0.5, 0.6) is 5.75 Å². The highest BCUT2D eigenvalue weighted by atomic mass is 32.2. The first-order chi connectivity index (χ1) is 16.5. The smallest absolute Gasteiger partial charge is 0.242 e. The van der Waals surface area contributed by atoms with Crippen LogP contribution < -0.4 is 10.1 Å². The fraction of sp³-hybridized carbons (Fsp3) is 0.259. The second-order valence-corrected chi connectivity index (χ2v) is 8.76. The molecule has 0 saturated heterocycles. The predicted molar refractivity (Wildman–Crippen MR) is 134 cm³/mol.